The number of pyridine rings is 1. The molecule has 9 nitrogen and oxygen atoms in total. The molecule has 0 amide bonds. The van der Waals surface area contributed by atoms with Crippen LogP contribution in [0.1, 0.15) is 16.1 Å². The van der Waals surface area contributed by atoms with Crippen LogP contribution < -0.4 is 5.43 Å². The van der Waals surface area contributed by atoms with Crippen LogP contribution in [0.2, 0.25) is 0 Å². The van der Waals surface area contributed by atoms with E-state index in [1.807, 2.05) is 0 Å². The van der Waals surface area contributed by atoms with Gasteiger partial charge in [0.2, 0.25) is 0 Å². The summed E-state index contributed by atoms with van der Waals surface area (Å²) in [5.41, 5.74) is 0.870. The number of nitro groups is 1. The Labute approximate surface area is 184 Å². The summed E-state index contributed by atoms with van der Waals surface area (Å²) in [6.45, 7) is 0. The van der Waals surface area contributed by atoms with Crippen LogP contribution in [0.3, 0.4) is 0 Å². The van der Waals surface area contributed by atoms with E-state index in [0.717, 1.165) is 0 Å². The quantitative estimate of drug-likeness (QED) is 0.261. The van der Waals surface area contributed by atoms with Gasteiger partial charge in [-0.3, -0.25) is 19.9 Å². The smallest absolute Gasteiger partial charge is 0.433 e. The maximum atomic E-state index is 13.4. The van der Waals surface area contributed by atoms with Gasteiger partial charge in [0.1, 0.15) is 16.3 Å². The largest absolute Gasteiger partial charge is 0.477 e. The lowest BCUT2D eigenvalue weighted by atomic mass is 10.1. The third-order valence-electron chi connectivity index (χ3n) is 4.68. The van der Waals surface area contributed by atoms with Crippen LogP contribution >= 0.6 is 0 Å². The van der Waals surface area contributed by atoms with Gasteiger partial charge in [-0.1, -0.05) is 12.1 Å². The first-order valence-corrected chi connectivity index (χ1v) is 9.46. The van der Waals surface area contributed by atoms with Crippen molar-refractivity contribution in [3.05, 3.63) is 110 Å². The highest BCUT2D eigenvalue weighted by molar-refractivity contribution is 5.88. The fourth-order valence-corrected chi connectivity index (χ4v) is 3.10. The summed E-state index contributed by atoms with van der Waals surface area (Å²) in [7, 11) is 0. The molecule has 164 valence electrons. The molecule has 0 saturated carbocycles. The molecule has 4 aromatic rings. The fraction of sp³-hybridized carbons (Fsp3) is 0. The zero-order valence-electron chi connectivity index (χ0n) is 16.7. The summed E-state index contributed by atoms with van der Waals surface area (Å²) < 4.78 is 19.9. The molecule has 0 radical (unpaired) electrons. The molecule has 0 spiro atoms. The van der Waals surface area contributed by atoms with E-state index < -0.39 is 33.6 Å². The molecular formula is C23H14FN3O6. The topological polar surface area (TPSA) is 128 Å². The minimum atomic E-state index is -1.37. The van der Waals surface area contributed by atoms with Gasteiger partial charge >= 0.3 is 11.9 Å². The van der Waals surface area contributed by atoms with Crippen molar-refractivity contribution in [1.29, 1.82) is 0 Å². The van der Waals surface area contributed by atoms with E-state index in [1.54, 1.807) is 24.3 Å². The predicted octanol–water partition coefficient (Wildman–Crippen LogP) is 4.59. The van der Waals surface area contributed by atoms with E-state index >= 15 is 0 Å². The number of aromatic nitrogens is 1. The Morgan fingerprint density at radius 3 is 2.39 bits per heavy atom. The SMILES string of the molecule is O=C(O)c1cn(-c2ccc(F)cc2)c(-c2ccc(/N=C/c3ccc([N+](=O)[O-])o3)cc2)cc1=O. The van der Waals surface area contributed by atoms with Crippen molar-refractivity contribution in [2.75, 3.05) is 0 Å². The van der Waals surface area contributed by atoms with E-state index in [1.165, 1.54) is 59.4 Å². The summed E-state index contributed by atoms with van der Waals surface area (Å²) >= 11 is 0. The first-order chi connectivity index (χ1) is 15.8. The van der Waals surface area contributed by atoms with Crippen LogP contribution in [0.25, 0.3) is 16.9 Å². The van der Waals surface area contributed by atoms with Gasteiger partial charge in [-0.15, -0.1) is 0 Å². The minimum Gasteiger partial charge on any atom is -0.477 e. The molecule has 1 N–H and O–H groups in total. The second kappa shape index (κ2) is 8.71. The van der Waals surface area contributed by atoms with Gasteiger partial charge in [0.25, 0.3) is 0 Å². The lowest BCUT2D eigenvalue weighted by molar-refractivity contribution is -0.402. The van der Waals surface area contributed by atoms with Crippen molar-refractivity contribution >= 4 is 23.8 Å². The van der Waals surface area contributed by atoms with Crippen molar-refractivity contribution in [2.45, 2.75) is 0 Å². The van der Waals surface area contributed by atoms with Crippen LogP contribution in [0.15, 0.2) is 87.1 Å². The number of rotatable bonds is 6. The number of hydrogen-bond donors (Lipinski definition) is 1. The number of furan rings is 1. The van der Waals surface area contributed by atoms with Crippen LogP contribution in [0.5, 0.6) is 0 Å². The van der Waals surface area contributed by atoms with E-state index in [-0.39, 0.29) is 5.76 Å². The molecule has 0 aliphatic heterocycles. The number of carboxylic acid groups (broad SMARTS) is 1. The predicted molar refractivity (Wildman–Crippen MR) is 117 cm³/mol. The van der Waals surface area contributed by atoms with Gasteiger partial charge in [0.15, 0.2) is 11.2 Å². The Morgan fingerprint density at radius 2 is 1.79 bits per heavy atom. The third-order valence-corrected chi connectivity index (χ3v) is 4.68. The highest BCUT2D eigenvalue weighted by Crippen LogP contribution is 2.25. The number of aliphatic imine (C=N–C) groups is 1. The van der Waals surface area contributed by atoms with Gasteiger partial charge in [-0.25, -0.2) is 9.18 Å². The zero-order chi connectivity index (χ0) is 23.5. The second-order valence-electron chi connectivity index (χ2n) is 6.83. The fourth-order valence-electron chi connectivity index (χ4n) is 3.10. The number of hydrogen-bond acceptors (Lipinski definition) is 6. The maximum absolute atomic E-state index is 13.4. The first-order valence-electron chi connectivity index (χ1n) is 9.46. The van der Waals surface area contributed by atoms with Crippen molar-refractivity contribution in [3.63, 3.8) is 0 Å². The highest BCUT2D eigenvalue weighted by atomic mass is 19.1. The Kier molecular flexibility index (Phi) is 5.64. The number of aromatic carboxylic acids is 1. The number of halogens is 1. The van der Waals surface area contributed by atoms with Gasteiger partial charge < -0.3 is 14.1 Å². The first kappa shape index (κ1) is 21.4. The summed E-state index contributed by atoms with van der Waals surface area (Å²) in [6.07, 6.45) is 2.53. The average Bonchev–Trinajstić information content (AvgIpc) is 3.28. The maximum Gasteiger partial charge on any atom is 0.433 e. The molecule has 2 aromatic carbocycles. The van der Waals surface area contributed by atoms with Crippen LogP contribution in [0.4, 0.5) is 16.0 Å². The van der Waals surface area contributed by atoms with Crippen molar-refractivity contribution in [1.82, 2.24) is 4.57 Å². The average molecular weight is 447 g/mol. The molecule has 0 fully saturated rings. The van der Waals surface area contributed by atoms with Gasteiger partial charge in [0.05, 0.1) is 23.7 Å². The molecule has 0 unspecified atom stereocenters. The Bertz CT molecular complexity index is 1440. The number of benzene rings is 2. The van der Waals surface area contributed by atoms with E-state index in [0.29, 0.717) is 22.6 Å². The van der Waals surface area contributed by atoms with E-state index in [2.05, 4.69) is 4.99 Å². The number of carbonyl (C=O) groups is 1. The molecule has 0 bridgehead atoms. The molecular weight excluding hydrogens is 433 g/mol. The van der Waals surface area contributed by atoms with Crippen molar-refractivity contribution in [3.8, 4) is 16.9 Å². The molecule has 33 heavy (non-hydrogen) atoms. The van der Waals surface area contributed by atoms with Gasteiger partial charge in [-0.2, -0.15) is 0 Å². The zero-order valence-corrected chi connectivity index (χ0v) is 16.7. The molecule has 0 saturated heterocycles. The number of carboxylic acids is 1. The van der Waals surface area contributed by atoms with Gasteiger partial charge in [0, 0.05) is 18.0 Å². The minimum absolute atomic E-state index is 0.209. The Hall–Kier alpha value is -4.86. The highest BCUT2D eigenvalue weighted by Gasteiger charge is 2.15. The standard InChI is InChI=1S/C23H14FN3O6/c24-15-3-7-17(8-4-15)26-13-19(23(29)30)21(28)11-20(26)14-1-5-16(6-2-14)25-12-18-9-10-22(33-18)27(31)32/h1-13H,(H,29,30)/b25-12+. The normalized spacial score (nSPS) is 11.1. The third kappa shape index (κ3) is 4.59. The molecule has 4 rings (SSSR count). The van der Waals surface area contributed by atoms with Crippen LogP contribution in [0, 0.1) is 15.9 Å². The molecule has 0 atom stereocenters. The summed E-state index contributed by atoms with van der Waals surface area (Å²) in [5, 5.41) is 20.0. The summed E-state index contributed by atoms with van der Waals surface area (Å²) in [4.78, 5) is 38.0. The Balaban J connectivity index is 1.70. The van der Waals surface area contributed by atoms with E-state index in [4.69, 9.17) is 4.42 Å². The molecule has 0 aliphatic carbocycles. The van der Waals surface area contributed by atoms with E-state index in [9.17, 15) is 29.2 Å². The summed E-state index contributed by atoms with van der Waals surface area (Å²) in [6, 6.07) is 15.9. The lowest BCUT2D eigenvalue weighted by Gasteiger charge is -2.15. The summed E-state index contributed by atoms with van der Waals surface area (Å²) in [5.74, 6) is -2.01. The van der Waals surface area contributed by atoms with Crippen LogP contribution in [-0.2, 0) is 0 Å². The molecule has 10 heteroatoms. The monoisotopic (exact) mass is 447 g/mol. The molecule has 0 aliphatic rings. The van der Waals surface area contributed by atoms with Gasteiger partial charge in [-0.05, 0) is 48.0 Å². The van der Waals surface area contributed by atoms with Crippen LogP contribution in [-0.4, -0.2) is 26.8 Å². The second-order valence-corrected chi connectivity index (χ2v) is 6.83. The van der Waals surface area contributed by atoms with Crippen molar-refractivity contribution in [2.24, 2.45) is 4.99 Å². The lowest BCUT2D eigenvalue weighted by Crippen LogP contribution is -2.18. The van der Waals surface area contributed by atoms with Crippen molar-refractivity contribution < 1.29 is 23.6 Å². The molecule has 2 aromatic heterocycles. The molecule has 2 heterocycles. The number of nitrogens with zero attached hydrogens (tertiary/aromatic N) is 3. The Morgan fingerprint density at radius 1 is 1.09 bits per heavy atom.